The molecule has 0 atom stereocenters. The van der Waals surface area contributed by atoms with Crippen LogP contribution in [0.25, 0.3) is 0 Å². The third-order valence-corrected chi connectivity index (χ3v) is 2.33. The Morgan fingerprint density at radius 1 is 1.43 bits per heavy atom. The van der Waals surface area contributed by atoms with E-state index < -0.39 is 0 Å². The molecule has 0 saturated carbocycles. The summed E-state index contributed by atoms with van der Waals surface area (Å²) in [7, 11) is 0. The predicted molar refractivity (Wildman–Crippen MR) is 57.4 cm³/mol. The van der Waals surface area contributed by atoms with Gasteiger partial charge in [-0.2, -0.15) is 0 Å². The van der Waals surface area contributed by atoms with E-state index in [0.29, 0.717) is 6.42 Å². The summed E-state index contributed by atoms with van der Waals surface area (Å²) in [5, 5.41) is 0. The molecule has 0 unspecified atom stereocenters. The van der Waals surface area contributed by atoms with Crippen molar-refractivity contribution in [3.8, 4) is 0 Å². The molecule has 0 bridgehead atoms. The minimum atomic E-state index is 0.248. The highest BCUT2D eigenvalue weighted by atomic mass is 16.1. The van der Waals surface area contributed by atoms with Crippen LogP contribution in [-0.4, -0.2) is 10.8 Å². The Hall–Kier alpha value is -1.18. The van der Waals surface area contributed by atoms with Crippen molar-refractivity contribution in [3.05, 3.63) is 29.6 Å². The molecule has 0 aliphatic heterocycles. The van der Waals surface area contributed by atoms with E-state index in [1.165, 1.54) is 0 Å². The maximum atomic E-state index is 11.7. The number of ketones is 1. The van der Waals surface area contributed by atoms with Crippen LogP contribution in [0.3, 0.4) is 0 Å². The van der Waals surface area contributed by atoms with Gasteiger partial charge < -0.3 is 0 Å². The van der Waals surface area contributed by atoms with Gasteiger partial charge in [-0.15, -0.1) is 0 Å². The molecular weight excluding hydrogens is 174 g/mol. The van der Waals surface area contributed by atoms with E-state index >= 15 is 0 Å². The molecule has 2 nitrogen and oxygen atoms in total. The fourth-order valence-corrected chi connectivity index (χ4v) is 1.46. The molecule has 1 aromatic rings. The number of carbonyl (C=O) groups is 1. The molecule has 1 rings (SSSR count). The molecule has 2 heteroatoms. The van der Waals surface area contributed by atoms with E-state index in [2.05, 4.69) is 11.9 Å². The quantitative estimate of drug-likeness (QED) is 0.528. The van der Waals surface area contributed by atoms with Gasteiger partial charge in [-0.1, -0.05) is 19.8 Å². The number of unbranched alkanes of at least 4 members (excludes halogenated alkanes) is 2. The van der Waals surface area contributed by atoms with Crippen LogP contribution >= 0.6 is 0 Å². The van der Waals surface area contributed by atoms with Crippen LogP contribution in [0.4, 0.5) is 0 Å². The molecule has 14 heavy (non-hydrogen) atoms. The maximum Gasteiger partial charge on any atom is 0.163 e. The van der Waals surface area contributed by atoms with E-state index in [1.54, 1.807) is 12.4 Å². The van der Waals surface area contributed by atoms with E-state index in [1.807, 2.05) is 13.0 Å². The van der Waals surface area contributed by atoms with Gasteiger partial charge in [0.15, 0.2) is 5.78 Å². The number of carbonyl (C=O) groups excluding carboxylic acids is 1. The zero-order valence-corrected chi connectivity index (χ0v) is 8.92. The van der Waals surface area contributed by atoms with Gasteiger partial charge in [0.1, 0.15) is 0 Å². The Morgan fingerprint density at radius 2 is 2.21 bits per heavy atom. The van der Waals surface area contributed by atoms with Crippen molar-refractivity contribution in [2.24, 2.45) is 0 Å². The number of hydrogen-bond donors (Lipinski definition) is 0. The van der Waals surface area contributed by atoms with Gasteiger partial charge in [0.2, 0.25) is 0 Å². The standard InChI is InChI=1S/C12H17NO/c1-3-4-5-6-12(14)11-7-8-13-9-10(11)2/h7-9H,3-6H2,1-2H3. The lowest BCUT2D eigenvalue weighted by Crippen LogP contribution is -2.01. The second-order valence-electron chi connectivity index (χ2n) is 3.57. The second kappa shape index (κ2) is 5.53. The van der Waals surface area contributed by atoms with E-state index in [-0.39, 0.29) is 5.78 Å². The smallest absolute Gasteiger partial charge is 0.163 e. The number of Topliss-reactive ketones (excluding diaryl/α,β-unsaturated/α-hetero) is 1. The summed E-state index contributed by atoms with van der Waals surface area (Å²) < 4.78 is 0. The Labute approximate surface area is 85.4 Å². The first kappa shape index (κ1) is 10.9. The Bertz CT molecular complexity index is 307. The molecule has 0 fully saturated rings. The summed E-state index contributed by atoms with van der Waals surface area (Å²) >= 11 is 0. The zero-order valence-electron chi connectivity index (χ0n) is 8.92. The summed E-state index contributed by atoms with van der Waals surface area (Å²) in [6.07, 6.45) is 7.38. The molecule has 0 spiro atoms. The number of pyridine rings is 1. The molecule has 1 aromatic heterocycles. The molecule has 0 aromatic carbocycles. The fourth-order valence-electron chi connectivity index (χ4n) is 1.46. The summed E-state index contributed by atoms with van der Waals surface area (Å²) in [5.41, 5.74) is 1.81. The summed E-state index contributed by atoms with van der Waals surface area (Å²) in [6, 6.07) is 1.81. The van der Waals surface area contributed by atoms with Crippen molar-refractivity contribution in [2.75, 3.05) is 0 Å². The van der Waals surface area contributed by atoms with Gasteiger partial charge in [0.25, 0.3) is 0 Å². The zero-order chi connectivity index (χ0) is 10.4. The molecule has 0 saturated heterocycles. The molecule has 0 aliphatic carbocycles. The fraction of sp³-hybridized carbons (Fsp3) is 0.500. The molecule has 0 radical (unpaired) electrons. The number of rotatable bonds is 5. The van der Waals surface area contributed by atoms with Crippen LogP contribution in [0.1, 0.15) is 48.5 Å². The number of nitrogens with zero attached hydrogens (tertiary/aromatic N) is 1. The van der Waals surface area contributed by atoms with E-state index in [4.69, 9.17) is 0 Å². The lowest BCUT2D eigenvalue weighted by molar-refractivity contribution is 0.0978. The van der Waals surface area contributed by atoms with Crippen LogP contribution in [-0.2, 0) is 0 Å². The highest BCUT2D eigenvalue weighted by molar-refractivity contribution is 5.97. The predicted octanol–water partition coefficient (Wildman–Crippen LogP) is 3.15. The Morgan fingerprint density at radius 3 is 2.86 bits per heavy atom. The molecule has 0 N–H and O–H groups in total. The van der Waals surface area contributed by atoms with Gasteiger partial charge in [0, 0.05) is 24.4 Å². The van der Waals surface area contributed by atoms with Crippen molar-refractivity contribution in [2.45, 2.75) is 39.5 Å². The SMILES string of the molecule is CCCCCC(=O)c1ccncc1C. The normalized spacial score (nSPS) is 10.1. The molecular formula is C12H17NO. The minimum absolute atomic E-state index is 0.248. The van der Waals surface area contributed by atoms with E-state index in [0.717, 1.165) is 30.4 Å². The molecule has 0 amide bonds. The monoisotopic (exact) mass is 191 g/mol. The van der Waals surface area contributed by atoms with E-state index in [9.17, 15) is 4.79 Å². The third kappa shape index (κ3) is 2.95. The van der Waals surface area contributed by atoms with Gasteiger partial charge in [-0.3, -0.25) is 9.78 Å². The van der Waals surface area contributed by atoms with Crippen molar-refractivity contribution in [1.29, 1.82) is 0 Å². The van der Waals surface area contributed by atoms with Crippen LogP contribution in [0.15, 0.2) is 18.5 Å². The highest BCUT2D eigenvalue weighted by Crippen LogP contribution is 2.11. The topological polar surface area (TPSA) is 30.0 Å². The first-order chi connectivity index (χ1) is 6.75. The highest BCUT2D eigenvalue weighted by Gasteiger charge is 2.07. The summed E-state index contributed by atoms with van der Waals surface area (Å²) in [5.74, 6) is 0.248. The van der Waals surface area contributed by atoms with Crippen LogP contribution in [0, 0.1) is 6.92 Å². The van der Waals surface area contributed by atoms with Crippen molar-refractivity contribution in [1.82, 2.24) is 4.98 Å². The Balaban J connectivity index is 2.56. The summed E-state index contributed by atoms with van der Waals surface area (Å²) in [6.45, 7) is 4.07. The van der Waals surface area contributed by atoms with Gasteiger partial charge in [0.05, 0.1) is 0 Å². The largest absolute Gasteiger partial charge is 0.294 e. The van der Waals surface area contributed by atoms with Crippen LogP contribution in [0.2, 0.25) is 0 Å². The number of aromatic nitrogens is 1. The average Bonchev–Trinajstić information content (AvgIpc) is 2.18. The van der Waals surface area contributed by atoms with Crippen molar-refractivity contribution < 1.29 is 4.79 Å². The average molecular weight is 191 g/mol. The Kier molecular flexibility index (Phi) is 4.30. The maximum absolute atomic E-state index is 11.7. The lowest BCUT2D eigenvalue weighted by atomic mass is 10.0. The molecule has 1 heterocycles. The van der Waals surface area contributed by atoms with Crippen molar-refractivity contribution in [3.63, 3.8) is 0 Å². The summed E-state index contributed by atoms with van der Waals surface area (Å²) in [4.78, 5) is 15.7. The van der Waals surface area contributed by atoms with Gasteiger partial charge >= 0.3 is 0 Å². The minimum Gasteiger partial charge on any atom is -0.294 e. The van der Waals surface area contributed by atoms with Gasteiger partial charge in [-0.25, -0.2) is 0 Å². The first-order valence-electron chi connectivity index (χ1n) is 5.19. The lowest BCUT2D eigenvalue weighted by Gasteiger charge is -2.03. The van der Waals surface area contributed by atoms with Crippen LogP contribution in [0.5, 0.6) is 0 Å². The van der Waals surface area contributed by atoms with Crippen LogP contribution < -0.4 is 0 Å². The second-order valence-corrected chi connectivity index (χ2v) is 3.57. The molecule has 0 aliphatic rings. The number of aryl methyl sites for hydroxylation is 1. The number of hydrogen-bond acceptors (Lipinski definition) is 2. The first-order valence-corrected chi connectivity index (χ1v) is 5.19. The third-order valence-electron chi connectivity index (χ3n) is 2.33. The van der Waals surface area contributed by atoms with Crippen molar-refractivity contribution >= 4 is 5.78 Å². The molecule has 76 valence electrons. The van der Waals surface area contributed by atoms with Gasteiger partial charge in [-0.05, 0) is 25.0 Å².